The van der Waals surface area contributed by atoms with Crippen LogP contribution in [0.5, 0.6) is 11.5 Å². The van der Waals surface area contributed by atoms with Crippen molar-refractivity contribution >= 4 is 22.6 Å². The fourth-order valence-electron chi connectivity index (χ4n) is 3.77. The highest BCUT2D eigenvalue weighted by molar-refractivity contribution is 5.95. The van der Waals surface area contributed by atoms with Gasteiger partial charge in [0.15, 0.2) is 17.3 Å². The minimum Gasteiger partial charge on any atom is -0.493 e. The van der Waals surface area contributed by atoms with E-state index < -0.39 is 0 Å². The summed E-state index contributed by atoms with van der Waals surface area (Å²) in [7, 11) is 3.21. The molecule has 1 aromatic heterocycles. The first-order chi connectivity index (χ1) is 16.6. The summed E-state index contributed by atoms with van der Waals surface area (Å²) >= 11 is 0. The third-order valence-corrected chi connectivity index (χ3v) is 5.82. The minimum atomic E-state index is -0.0458. The number of fused-ring (bicyclic) bond motifs is 1. The zero-order valence-electron chi connectivity index (χ0n) is 19.2. The molecule has 1 aliphatic rings. The first-order valence-electron chi connectivity index (χ1n) is 11.3. The number of amides is 1. The monoisotopic (exact) mass is 454 g/mol. The first-order valence-corrected chi connectivity index (χ1v) is 11.3. The average molecular weight is 455 g/mol. The summed E-state index contributed by atoms with van der Waals surface area (Å²) in [4.78, 5) is 22.0. The van der Waals surface area contributed by atoms with E-state index in [0.717, 1.165) is 34.9 Å². The third kappa shape index (κ3) is 4.64. The highest BCUT2D eigenvalue weighted by Gasteiger charge is 2.23. The van der Waals surface area contributed by atoms with Crippen molar-refractivity contribution in [2.24, 2.45) is 0 Å². The molecule has 0 aliphatic heterocycles. The molecule has 0 atom stereocenters. The quantitative estimate of drug-likeness (QED) is 0.397. The van der Waals surface area contributed by atoms with Gasteiger partial charge in [0.05, 0.1) is 19.7 Å². The smallest absolute Gasteiger partial charge is 0.251 e. The van der Waals surface area contributed by atoms with Crippen LogP contribution < -0.4 is 20.1 Å². The van der Waals surface area contributed by atoms with Gasteiger partial charge < -0.3 is 20.1 Å². The maximum absolute atomic E-state index is 12.3. The summed E-state index contributed by atoms with van der Waals surface area (Å²) in [6, 6.07) is 21.6. The molecule has 1 heterocycles. The van der Waals surface area contributed by atoms with Crippen LogP contribution >= 0.6 is 0 Å². The van der Waals surface area contributed by atoms with Crippen LogP contribution in [0.4, 0.5) is 5.82 Å². The Kier molecular flexibility index (Phi) is 5.99. The molecule has 0 radical (unpaired) electrons. The molecular weight excluding hydrogens is 428 g/mol. The highest BCUT2D eigenvalue weighted by Crippen LogP contribution is 2.35. The number of carbonyl (C=O) groups is 1. The summed E-state index contributed by atoms with van der Waals surface area (Å²) in [5.41, 5.74) is 3.32. The average Bonchev–Trinajstić information content (AvgIpc) is 3.71. The number of aromatic nitrogens is 2. The lowest BCUT2D eigenvalue weighted by molar-refractivity contribution is 0.0951. The van der Waals surface area contributed by atoms with Gasteiger partial charge in [0.1, 0.15) is 5.82 Å². The van der Waals surface area contributed by atoms with Crippen LogP contribution in [0.1, 0.15) is 28.8 Å². The molecule has 2 N–H and O–H groups in total. The van der Waals surface area contributed by atoms with Crippen molar-refractivity contribution in [3.8, 4) is 22.9 Å². The van der Waals surface area contributed by atoms with E-state index in [9.17, 15) is 4.79 Å². The molecule has 5 rings (SSSR count). The van der Waals surface area contributed by atoms with Gasteiger partial charge in [0, 0.05) is 35.2 Å². The van der Waals surface area contributed by atoms with E-state index in [1.165, 1.54) is 0 Å². The number of benzene rings is 3. The van der Waals surface area contributed by atoms with Gasteiger partial charge in [-0.3, -0.25) is 4.79 Å². The molecule has 7 heteroatoms. The first kappa shape index (κ1) is 21.7. The van der Waals surface area contributed by atoms with E-state index in [4.69, 9.17) is 19.4 Å². The molecule has 1 saturated carbocycles. The molecular formula is C27H26N4O3. The predicted molar refractivity (Wildman–Crippen MR) is 132 cm³/mol. The van der Waals surface area contributed by atoms with Crippen LogP contribution in [0.15, 0.2) is 66.7 Å². The predicted octanol–water partition coefficient (Wildman–Crippen LogP) is 4.82. The second-order valence-corrected chi connectivity index (χ2v) is 8.28. The molecule has 0 unspecified atom stereocenters. The molecule has 7 nitrogen and oxygen atoms in total. The van der Waals surface area contributed by atoms with Crippen molar-refractivity contribution in [1.29, 1.82) is 0 Å². The van der Waals surface area contributed by atoms with E-state index >= 15 is 0 Å². The normalized spacial score (nSPS) is 12.9. The highest BCUT2D eigenvalue weighted by atomic mass is 16.5. The summed E-state index contributed by atoms with van der Waals surface area (Å²) < 4.78 is 11.0. The van der Waals surface area contributed by atoms with Crippen molar-refractivity contribution in [2.45, 2.75) is 25.4 Å². The van der Waals surface area contributed by atoms with Crippen LogP contribution in [-0.4, -0.2) is 36.1 Å². The van der Waals surface area contributed by atoms with Gasteiger partial charge in [-0.15, -0.1) is 0 Å². The number of ether oxygens (including phenoxy) is 2. The molecule has 34 heavy (non-hydrogen) atoms. The van der Waals surface area contributed by atoms with Gasteiger partial charge in [-0.2, -0.15) is 0 Å². The maximum Gasteiger partial charge on any atom is 0.251 e. The number of nitrogens with one attached hydrogen (secondary N) is 2. The summed E-state index contributed by atoms with van der Waals surface area (Å²) in [5, 5.41) is 7.29. The minimum absolute atomic E-state index is 0.0458. The zero-order valence-corrected chi connectivity index (χ0v) is 19.2. The van der Waals surface area contributed by atoms with E-state index in [1.54, 1.807) is 14.2 Å². The lowest BCUT2D eigenvalue weighted by Crippen LogP contribution is -2.25. The Hall–Kier alpha value is -4.13. The van der Waals surface area contributed by atoms with Gasteiger partial charge in [0.2, 0.25) is 0 Å². The number of nitrogens with zero attached hydrogens (tertiary/aromatic N) is 2. The zero-order chi connectivity index (χ0) is 23.5. The van der Waals surface area contributed by atoms with Crippen LogP contribution in [-0.2, 0) is 6.54 Å². The number of hydrogen-bond acceptors (Lipinski definition) is 6. The van der Waals surface area contributed by atoms with Crippen molar-refractivity contribution in [3.05, 3.63) is 77.9 Å². The molecule has 4 aromatic rings. The Balaban J connectivity index is 1.52. The van der Waals surface area contributed by atoms with Gasteiger partial charge in [-0.25, -0.2) is 9.97 Å². The lowest BCUT2D eigenvalue weighted by Gasteiger charge is -2.14. The number of rotatable bonds is 8. The summed E-state index contributed by atoms with van der Waals surface area (Å²) in [6.07, 6.45) is 2.11. The van der Waals surface area contributed by atoms with Crippen molar-refractivity contribution in [3.63, 3.8) is 0 Å². The number of anilines is 1. The van der Waals surface area contributed by atoms with E-state index in [0.29, 0.717) is 41.3 Å². The standard InChI is InChI=1S/C27H26N4O3/c1-33-23-14-21-22(15-24(23)34-2)30-25(31-26(21)28-16-17-6-4-3-5-7-17)18-8-10-19(11-9-18)27(32)29-20-12-13-20/h3-11,14-15,20H,12-13,16H2,1-2H3,(H,29,32)(H,28,30,31). The fraction of sp³-hybridized carbons (Fsp3) is 0.222. The van der Waals surface area contributed by atoms with E-state index in [-0.39, 0.29) is 5.91 Å². The van der Waals surface area contributed by atoms with Crippen LogP contribution in [0, 0.1) is 0 Å². The fourth-order valence-corrected chi connectivity index (χ4v) is 3.77. The molecule has 172 valence electrons. The molecule has 1 amide bonds. The van der Waals surface area contributed by atoms with Crippen LogP contribution in [0.25, 0.3) is 22.3 Å². The summed E-state index contributed by atoms with van der Waals surface area (Å²) in [5.74, 6) is 2.42. The second-order valence-electron chi connectivity index (χ2n) is 8.28. The molecule has 0 bridgehead atoms. The Morgan fingerprint density at radius 3 is 2.32 bits per heavy atom. The Morgan fingerprint density at radius 1 is 0.941 bits per heavy atom. The molecule has 1 aliphatic carbocycles. The molecule has 3 aromatic carbocycles. The van der Waals surface area contributed by atoms with Gasteiger partial charge in [0.25, 0.3) is 5.91 Å². The topological polar surface area (TPSA) is 85.4 Å². The van der Waals surface area contributed by atoms with Gasteiger partial charge in [-0.1, -0.05) is 42.5 Å². The number of methoxy groups -OCH3 is 2. The molecule has 1 fully saturated rings. The number of hydrogen-bond donors (Lipinski definition) is 2. The summed E-state index contributed by atoms with van der Waals surface area (Å²) in [6.45, 7) is 0.612. The second kappa shape index (κ2) is 9.39. The number of carbonyl (C=O) groups excluding carboxylic acids is 1. The van der Waals surface area contributed by atoms with Crippen LogP contribution in [0.3, 0.4) is 0 Å². The Labute approximate surface area is 198 Å². The van der Waals surface area contributed by atoms with E-state index in [1.807, 2.05) is 54.6 Å². The van der Waals surface area contributed by atoms with Gasteiger partial charge >= 0.3 is 0 Å². The Morgan fingerprint density at radius 2 is 1.65 bits per heavy atom. The largest absolute Gasteiger partial charge is 0.493 e. The third-order valence-electron chi connectivity index (χ3n) is 5.82. The maximum atomic E-state index is 12.3. The van der Waals surface area contributed by atoms with Crippen LogP contribution in [0.2, 0.25) is 0 Å². The Bertz CT molecular complexity index is 1320. The van der Waals surface area contributed by atoms with Crippen molar-refractivity contribution < 1.29 is 14.3 Å². The SMILES string of the molecule is COc1cc2nc(-c3ccc(C(=O)NC4CC4)cc3)nc(NCc3ccccc3)c2cc1OC. The van der Waals surface area contributed by atoms with Crippen molar-refractivity contribution in [1.82, 2.24) is 15.3 Å². The van der Waals surface area contributed by atoms with E-state index in [2.05, 4.69) is 22.8 Å². The molecule has 0 saturated heterocycles. The molecule has 0 spiro atoms. The van der Waals surface area contributed by atoms with Crippen molar-refractivity contribution in [2.75, 3.05) is 19.5 Å². The lowest BCUT2D eigenvalue weighted by atomic mass is 10.1. The van der Waals surface area contributed by atoms with Gasteiger partial charge in [-0.05, 0) is 36.6 Å².